The van der Waals surface area contributed by atoms with Gasteiger partial charge in [0.25, 0.3) is 0 Å². The van der Waals surface area contributed by atoms with E-state index in [1.54, 1.807) is 24.8 Å². The molecule has 5 aliphatic rings. The van der Waals surface area contributed by atoms with Gasteiger partial charge in [-0.3, -0.25) is 0 Å². The van der Waals surface area contributed by atoms with E-state index in [4.69, 9.17) is 0 Å². The second-order valence-electron chi connectivity index (χ2n) is 11.7. The van der Waals surface area contributed by atoms with Crippen molar-refractivity contribution in [2.45, 2.75) is 89.9 Å². The Morgan fingerprint density at radius 1 is 0.931 bits per heavy atom. The number of piperidine rings is 1. The lowest BCUT2D eigenvalue weighted by molar-refractivity contribution is -0.103. The van der Waals surface area contributed by atoms with Gasteiger partial charge in [-0.15, -0.1) is 0 Å². The molecule has 6 rings (SSSR count). The van der Waals surface area contributed by atoms with Crippen molar-refractivity contribution in [3.8, 4) is 0 Å². The highest BCUT2D eigenvalue weighted by Gasteiger charge is 2.59. The fourth-order valence-corrected chi connectivity index (χ4v) is 8.66. The molecule has 0 radical (unpaired) electrons. The second kappa shape index (κ2) is 8.03. The van der Waals surface area contributed by atoms with Gasteiger partial charge in [-0.25, -0.2) is 0 Å². The molecular formula is C28H43N. The highest BCUT2D eigenvalue weighted by Crippen LogP contribution is 2.67. The van der Waals surface area contributed by atoms with E-state index in [1.807, 2.05) is 0 Å². The van der Waals surface area contributed by atoms with Crippen molar-refractivity contribution in [3.05, 3.63) is 35.9 Å². The molecule has 1 aromatic carbocycles. The van der Waals surface area contributed by atoms with E-state index < -0.39 is 0 Å². The lowest BCUT2D eigenvalue weighted by Gasteiger charge is -2.64. The molecule has 29 heavy (non-hydrogen) atoms. The standard InChI is InChI=1S/C28H43N/c1-3-22(21-29-12-8-5-9-13-29)17-27(2,26-10-6-4-7-11-26)28-18-23-14-24(19-28)16-25(15-23)20-28/h4,6-7,10-11,22-25H,3,5,8-9,12-21H2,1-2H3. The van der Waals surface area contributed by atoms with E-state index in [9.17, 15) is 0 Å². The molecule has 2 atom stereocenters. The van der Waals surface area contributed by atoms with Gasteiger partial charge in [-0.05, 0) is 111 Å². The van der Waals surface area contributed by atoms with Crippen LogP contribution in [-0.2, 0) is 5.41 Å². The molecule has 5 fully saturated rings. The van der Waals surface area contributed by atoms with Crippen LogP contribution in [0.15, 0.2) is 30.3 Å². The molecule has 4 saturated carbocycles. The number of hydrogen-bond donors (Lipinski definition) is 0. The molecule has 0 spiro atoms. The van der Waals surface area contributed by atoms with Crippen molar-refractivity contribution in [1.29, 1.82) is 0 Å². The predicted octanol–water partition coefficient (Wildman–Crippen LogP) is 7.06. The van der Waals surface area contributed by atoms with Gasteiger partial charge >= 0.3 is 0 Å². The molecule has 1 aromatic rings. The fourth-order valence-electron chi connectivity index (χ4n) is 8.66. The van der Waals surface area contributed by atoms with Gasteiger partial charge in [0.1, 0.15) is 0 Å². The predicted molar refractivity (Wildman–Crippen MR) is 123 cm³/mol. The number of nitrogens with zero attached hydrogens (tertiary/aromatic N) is 1. The highest BCUT2D eigenvalue weighted by atomic mass is 15.1. The number of benzene rings is 1. The van der Waals surface area contributed by atoms with Crippen LogP contribution in [0.3, 0.4) is 0 Å². The van der Waals surface area contributed by atoms with Crippen LogP contribution in [-0.4, -0.2) is 24.5 Å². The Kier molecular flexibility index (Phi) is 5.56. The van der Waals surface area contributed by atoms with Crippen LogP contribution in [0.5, 0.6) is 0 Å². The summed E-state index contributed by atoms with van der Waals surface area (Å²) < 4.78 is 0. The first-order valence-electron chi connectivity index (χ1n) is 12.9. The summed E-state index contributed by atoms with van der Waals surface area (Å²) in [6.07, 6.45) is 16.2. The zero-order chi connectivity index (χ0) is 19.9. The molecule has 2 unspecified atom stereocenters. The highest BCUT2D eigenvalue weighted by molar-refractivity contribution is 5.30. The van der Waals surface area contributed by atoms with Crippen LogP contribution in [0.2, 0.25) is 0 Å². The third-order valence-electron chi connectivity index (χ3n) is 9.86. The van der Waals surface area contributed by atoms with E-state index in [1.165, 1.54) is 71.0 Å². The molecule has 4 aliphatic carbocycles. The molecule has 0 N–H and O–H groups in total. The molecule has 0 aromatic heterocycles. The largest absolute Gasteiger partial charge is 0.303 e. The smallest absolute Gasteiger partial charge is 0.000988 e. The van der Waals surface area contributed by atoms with Crippen LogP contribution >= 0.6 is 0 Å². The monoisotopic (exact) mass is 393 g/mol. The molecule has 0 amide bonds. The van der Waals surface area contributed by atoms with Gasteiger partial charge in [0, 0.05) is 6.54 Å². The van der Waals surface area contributed by atoms with E-state index in [-0.39, 0.29) is 0 Å². The summed E-state index contributed by atoms with van der Waals surface area (Å²) in [6.45, 7) is 9.19. The zero-order valence-electron chi connectivity index (χ0n) is 19.0. The summed E-state index contributed by atoms with van der Waals surface area (Å²) >= 11 is 0. The van der Waals surface area contributed by atoms with Gasteiger partial charge in [-0.2, -0.15) is 0 Å². The van der Waals surface area contributed by atoms with Crippen molar-refractivity contribution in [3.63, 3.8) is 0 Å². The number of hydrogen-bond acceptors (Lipinski definition) is 1. The maximum Gasteiger partial charge on any atom is 0.000988 e. The van der Waals surface area contributed by atoms with Gasteiger partial charge in [-0.1, -0.05) is 57.0 Å². The first kappa shape index (κ1) is 20.1. The molecule has 160 valence electrons. The van der Waals surface area contributed by atoms with Crippen LogP contribution in [0.1, 0.15) is 90.0 Å². The van der Waals surface area contributed by atoms with Gasteiger partial charge < -0.3 is 4.90 Å². The maximum absolute atomic E-state index is 2.79. The lowest BCUT2D eigenvalue weighted by atomic mass is 9.41. The Morgan fingerprint density at radius 3 is 2.07 bits per heavy atom. The summed E-state index contributed by atoms with van der Waals surface area (Å²) in [4.78, 5) is 2.79. The summed E-state index contributed by atoms with van der Waals surface area (Å²) in [7, 11) is 0. The van der Waals surface area contributed by atoms with Crippen LogP contribution in [0.25, 0.3) is 0 Å². The van der Waals surface area contributed by atoms with Crippen LogP contribution in [0, 0.1) is 29.1 Å². The average Bonchev–Trinajstić information content (AvgIpc) is 2.73. The zero-order valence-corrected chi connectivity index (χ0v) is 19.0. The van der Waals surface area contributed by atoms with Crippen molar-refractivity contribution < 1.29 is 0 Å². The third kappa shape index (κ3) is 3.71. The lowest BCUT2D eigenvalue weighted by Crippen LogP contribution is -2.56. The first-order valence-corrected chi connectivity index (χ1v) is 12.9. The van der Waals surface area contributed by atoms with E-state index in [2.05, 4.69) is 49.1 Å². The fraction of sp³-hybridized carbons (Fsp3) is 0.786. The summed E-state index contributed by atoms with van der Waals surface area (Å²) in [5.41, 5.74) is 2.57. The molecule has 1 aliphatic heterocycles. The number of rotatable bonds is 7. The maximum atomic E-state index is 2.79. The SMILES string of the molecule is CCC(CN1CCCCC1)CC(C)(c1ccccc1)C12CC3CC(CC(C3)C1)C2. The molecular weight excluding hydrogens is 350 g/mol. The summed E-state index contributed by atoms with van der Waals surface area (Å²) in [6, 6.07) is 11.8. The van der Waals surface area contributed by atoms with Crippen molar-refractivity contribution in [2.75, 3.05) is 19.6 Å². The first-order chi connectivity index (χ1) is 14.1. The molecule has 1 heterocycles. The second-order valence-corrected chi connectivity index (χ2v) is 11.7. The van der Waals surface area contributed by atoms with Crippen molar-refractivity contribution in [1.82, 2.24) is 4.90 Å². The van der Waals surface area contributed by atoms with Gasteiger partial charge in [0.05, 0.1) is 0 Å². The van der Waals surface area contributed by atoms with E-state index in [0.717, 1.165) is 23.7 Å². The third-order valence-corrected chi connectivity index (χ3v) is 9.86. The topological polar surface area (TPSA) is 3.24 Å². The quantitative estimate of drug-likeness (QED) is 0.479. The summed E-state index contributed by atoms with van der Waals surface area (Å²) in [5, 5.41) is 0. The Hall–Kier alpha value is -0.820. The Labute approximate surface area is 179 Å². The Bertz CT molecular complexity index is 638. The average molecular weight is 394 g/mol. The Balaban J connectivity index is 1.45. The molecule has 1 heteroatoms. The molecule has 1 saturated heterocycles. The normalized spacial score (nSPS) is 37.4. The van der Waals surface area contributed by atoms with Crippen molar-refractivity contribution >= 4 is 0 Å². The minimum atomic E-state index is 0.348. The number of likely N-dealkylation sites (tertiary alicyclic amines) is 1. The van der Waals surface area contributed by atoms with Crippen LogP contribution in [0.4, 0.5) is 0 Å². The van der Waals surface area contributed by atoms with Crippen LogP contribution < -0.4 is 0 Å². The van der Waals surface area contributed by atoms with E-state index in [0.29, 0.717) is 10.8 Å². The van der Waals surface area contributed by atoms with E-state index >= 15 is 0 Å². The summed E-state index contributed by atoms with van der Waals surface area (Å²) in [5.74, 6) is 3.94. The van der Waals surface area contributed by atoms with Gasteiger partial charge in [0.2, 0.25) is 0 Å². The minimum absolute atomic E-state index is 0.348. The Morgan fingerprint density at radius 2 is 1.52 bits per heavy atom. The molecule has 1 nitrogen and oxygen atoms in total. The molecule has 4 bridgehead atoms. The van der Waals surface area contributed by atoms with Gasteiger partial charge in [0.15, 0.2) is 0 Å². The van der Waals surface area contributed by atoms with Crippen molar-refractivity contribution in [2.24, 2.45) is 29.1 Å². The minimum Gasteiger partial charge on any atom is -0.303 e.